The summed E-state index contributed by atoms with van der Waals surface area (Å²) in [7, 11) is 0. The second-order valence-corrected chi connectivity index (χ2v) is 4.99. The van der Waals surface area contributed by atoms with Crippen molar-refractivity contribution < 1.29 is 14.6 Å². The van der Waals surface area contributed by atoms with E-state index in [0.29, 0.717) is 12.2 Å². The summed E-state index contributed by atoms with van der Waals surface area (Å²) < 4.78 is 4.93. The third-order valence-corrected chi connectivity index (χ3v) is 3.45. The van der Waals surface area contributed by atoms with Gasteiger partial charge in [-0.05, 0) is 55.5 Å². The molecule has 0 spiro atoms. The first-order valence-electron chi connectivity index (χ1n) is 5.93. The number of rotatable bonds is 4. The number of phenols is 1. The van der Waals surface area contributed by atoms with Gasteiger partial charge in [-0.25, -0.2) is 4.79 Å². The minimum Gasteiger partial charge on any atom is -0.508 e. The summed E-state index contributed by atoms with van der Waals surface area (Å²) in [6.45, 7) is 2.16. The molecule has 0 saturated heterocycles. The first-order chi connectivity index (χ1) is 9.19. The van der Waals surface area contributed by atoms with Gasteiger partial charge in [-0.15, -0.1) is 0 Å². The van der Waals surface area contributed by atoms with Crippen LogP contribution < -0.4 is 0 Å². The first-order valence-corrected chi connectivity index (χ1v) is 6.75. The normalized spacial score (nSPS) is 10.2. The van der Waals surface area contributed by atoms with E-state index in [1.54, 1.807) is 43.0 Å². The van der Waals surface area contributed by atoms with Crippen LogP contribution in [0.25, 0.3) is 0 Å². The number of ether oxygens (including phenoxy) is 1. The van der Waals surface area contributed by atoms with E-state index in [0.717, 1.165) is 9.79 Å². The topological polar surface area (TPSA) is 46.5 Å². The molecule has 0 aromatic heterocycles. The SMILES string of the molecule is CCOC(=O)c1ccc(Sc2ccc(O)cc2)cc1. The largest absolute Gasteiger partial charge is 0.508 e. The van der Waals surface area contributed by atoms with Crippen LogP contribution in [0.2, 0.25) is 0 Å². The average molecular weight is 274 g/mol. The molecule has 2 aromatic carbocycles. The van der Waals surface area contributed by atoms with Gasteiger partial charge in [0.15, 0.2) is 0 Å². The molecule has 98 valence electrons. The highest BCUT2D eigenvalue weighted by atomic mass is 32.2. The monoisotopic (exact) mass is 274 g/mol. The van der Waals surface area contributed by atoms with Gasteiger partial charge in [-0.1, -0.05) is 11.8 Å². The van der Waals surface area contributed by atoms with Crippen LogP contribution in [-0.4, -0.2) is 17.7 Å². The third-order valence-electron chi connectivity index (χ3n) is 2.44. The van der Waals surface area contributed by atoms with Gasteiger partial charge in [0.2, 0.25) is 0 Å². The molecule has 3 nitrogen and oxygen atoms in total. The summed E-state index contributed by atoms with van der Waals surface area (Å²) in [5.74, 6) is -0.0503. The van der Waals surface area contributed by atoms with Gasteiger partial charge in [0.05, 0.1) is 12.2 Å². The maximum absolute atomic E-state index is 11.5. The summed E-state index contributed by atoms with van der Waals surface area (Å²) in [4.78, 5) is 13.6. The summed E-state index contributed by atoms with van der Waals surface area (Å²) in [6.07, 6.45) is 0. The lowest BCUT2D eigenvalue weighted by Gasteiger charge is -2.04. The van der Waals surface area contributed by atoms with E-state index in [1.165, 1.54) is 0 Å². The molecule has 0 aliphatic carbocycles. The second-order valence-electron chi connectivity index (χ2n) is 3.84. The number of esters is 1. The van der Waals surface area contributed by atoms with Crippen LogP contribution in [0.15, 0.2) is 58.3 Å². The molecule has 4 heteroatoms. The number of hydrogen-bond acceptors (Lipinski definition) is 4. The summed E-state index contributed by atoms with van der Waals surface area (Å²) in [6, 6.07) is 14.2. The Bertz CT molecular complexity index is 547. The fourth-order valence-corrected chi connectivity index (χ4v) is 2.34. The van der Waals surface area contributed by atoms with Crippen molar-refractivity contribution in [1.82, 2.24) is 0 Å². The van der Waals surface area contributed by atoms with Crippen LogP contribution in [0.1, 0.15) is 17.3 Å². The molecule has 0 fully saturated rings. The molecular weight excluding hydrogens is 260 g/mol. The Kier molecular flexibility index (Phi) is 4.47. The van der Waals surface area contributed by atoms with Crippen LogP contribution >= 0.6 is 11.8 Å². The molecule has 0 heterocycles. The van der Waals surface area contributed by atoms with Gasteiger partial charge in [-0.3, -0.25) is 0 Å². The molecule has 0 amide bonds. The molecule has 0 aliphatic heterocycles. The quantitative estimate of drug-likeness (QED) is 0.863. The van der Waals surface area contributed by atoms with Crippen molar-refractivity contribution in [3.05, 3.63) is 54.1 Å². The Morgan fingerprint density at radius 1 is 1.05 bits per heavy atom. The predicted octanol–water partition coefficient (Wildman–Crippen LogP) is 3.72. The smallest absolute Gasteiger partial charge is 0.338 e. The van der Waals surface area contributed by atoms with Gasteiger partial charge in [-0.2, -0.15) is 0 Å². The van der Waals surface area contributed by atoms with Crippen LogP contribution in [0.3, 0.4) is 0 Å². The van der Waals surface area contributed by atoms with Gasteiger partial charge in [0.25, 0.3) is 0 Å². The number of phenolic OH excluding ortho intramolecular Hbond substituents is 1. The molecule has 0 radical (unpaired) electrons. The molecule has 0 atom stereocenters. The molecule has 0 bridgehead atoms. The van der Waals surface area contributed by atoms with Crippen molar-refractivity contribution >= 4 is 17.7 Å². The summed E-state index contributed by atoms with van der Waals surface area (Å²) in [5, 5.41) is 9.21. The van der Waals surface area contributed by atoms with E-state index in [2.05, 4.69) is 0 Å². The molecule has 2 aromatic rings. The fourth-order valence-electron chi connectivity index (χ4n) is 1.52. The van der Waals surface area contributed by atoms with Gasteiger partial charge in [0.1, 0.15) is 5.75 Å². The Morgan fingerprint density at radius 2 is 1.58 bits per heavy atom. The zero-order valence-corrected chi connectivity index (χ0v) is 11.3. The number of benzene rings is 2. The molecule has 0 saturated carbocycles. The number of carbonyl (C=O) groups excluding carboxylic acids is 1. The Morgan fingerprint density at radius 3 is 2.11 bits per heavy atom. The van der Waals surface area contributed by atoms with Crippen LogP contribution in [-0.2, 0) is 4.74 Å². The van der Waals surface area contributed by atoms with E-state index < -0.39 is 0 Å². The molecule has 2 rings (SSSR count). The lowest BCUT2D eigenvalue weighted by molar-refractivity contribution is 0.0526. The van der Waals surface area contributed by atoms with Crippen molar-refractivity contribution in [3.63, 3.8) is 0 Å². The van der Waals surface area contributed by atoms with E-state index in [-0.39, 0.29) is 11.7 Å². The first kappa shape index (κ1) is 13.5. The van der Waals surface area contributed by atoms with Gasteiger partial charge < -0.3 is 9.84 Å². The Hall–Kier alpha value is -1.94. The number of hydrogen-bond donors (Lipinski definition) is 1. The van der Waals surface area contributed by atoms with Crippen LogP contribution in [0.4, 0.5) is 0 Å². The molecule has 19 heavy (non-hydrogen) atoms. The Balaban J connectivity index is 2.06. The highest BCUT2D eigenvalue weighted by Crippen LogP contribution is 2.28. The van der Waals surface area contributed by atoms with Gasteiger partial charge in [0, 0.05) is 9.79 Å². The van der Waals surface area contributed by atoms with Crippen molar-refractivity contribution in [3.8, 4) is 5.75 Å². The van der Waals surface area contributed by atoms with Crippen molar-refractivity contribution in [1.29, 1.82) is 0 Å². The third kappa shape index (κ3) is 3.76. The maximum Gasteiger partial charge on any atom is 0.338 e. The highest BCUT2D eigenvalue weighted by molar-refractivity contribution is 7.99. The standard InChI is InChI=1S/C15H14O3S/c1-2-18-15(17)11-3-7-13(8-4-11)19-14-9-5-12(16)6-10-14/h3-10,16H,2H2,1H3. The lowest BCUT2D eigenvalue weighted by Crippen LogP contribution is -2.03. The summed E-state index contributed by atoms with van der Waals surface area (Å²) >= 11 is 1.57. The van der Waals surface area contributed by atoms with E-state index >= 15 is 0 Å². The number of aromatic hydroxyl groups is 1. The van der Waals surface area contributed by atoms with E-state index in [4.69, 9.17) is 4.74 Å². The summed E-state index contributed by atoms with van der Waals surface area (Å²) in [5.41, 5.74) is 0.553. The zero-order chi connectivity index (χ0) is 13.7. The maximum atomic E-state index is 11.5. The molecule has 0 aliphatic rings. The minimum absolute atomic E-state index is 0.252. The number of carbonyl (C=O) groups is 1. The average Bonchev–Trinajstić information content (AvgIpc) is 2.42. The van der Waals surface area contributed by atoms with E-state index in [1.807, 2.05) is 24.3 Å². The van der Waals surface area contributed by atoms with Crippen molar-refractivity contribution in [2.45, 2.75) is 16.7 Å². The fraction of sp³-hybridized carbons (Fsp3) is 0.133. The predicted molar refractivity (Wildman–Crippen MR) is 74.6 cm³/mol. The van der Waals surface area contributed by atoms with E-state index in [9.17, 15) is 9.90 Å². The zero-order valence-electron chi connectivity index (χ0n) is 10.5. The Labute approximate surface area is 116 Å². The van der Waals surface area contributed by atoms with Crippen LogP contribution in [0, 0.1) is 0 Å². The molecule has 0 unspecified atom stereocenters. The van der Waals surface area contributed by atoms with Gasteiger partial charge >= 0.3 is 5.97 Å². The van der Waals surface area contributed by atoms with Crippen molar-refractivity contribution in [2.24, 2.45) is 0 Å². The molecule has 1 N–H and O–H groups in total. The molecular formula is C15H14O3S. The minimum atomic E-state index is -0.302. The second kappa shape index (κ2) is 6.29. The highest BCUT2D eigenvalue weighted by Gasteiger charge is 2.06. The lowest BCUT2D eigenvalue weighted by atomic mass is 10.2. The van der Waals surface area contributed by atoms with Crippen LogP contribution in [0.5, 0.6) is 5.75 Å². The van der Waals surface area contributed by atoms with Crippen molar-refractivity contribution in [2.75, 3.05) is 6.61 Å².